The van der Waals surface area contributed by atoms with Crippen LogP contribution < -0.4 is 4.74 Å². The van der Waals surface area contributed by atoms with Crippen molar-refractivity contribution in [2.45, 2.75) is 33.2 Å². The van der Waals surface area contributed by atoms with E-state index in [0.717, 1.165) is 21.1 Å². The van der Waals surface area contributed by atoms with Crippen LogP contribution in [0, 0.1) is 19.7 Å². The fraction of sp³-hybridized carbons (Fsp3) is 0.269. The topological polar surface area (TPSA) is 79.7 Å². The largest absolute Gasteiger partial charge is 0.496 e. The normalized spacial score (nSPS) is 13.2. The Morgan fingerprint density at radius 2 is 2.00 bits per heavy atom. The first-order chi connectivity index (χ1) is 16.3. The molecule has 1 aromatic heterocycles. The van der Waals surface area contributed by atoms with Crippen LogP contribution >= 0.6 is 11.3 Å². The SMILES string of the molecule is COc1ccc(CC(=O)O)cc1-c1ccc(F)c2c1CN(C(=O)C=Cc1sc(C)nc1C)CC2. The fourth-order valence-corrected chi connectivity index (χ4v) is 5.11. The Kier molecular flexibility index (Phi) is 6.79. The molecule has 1 N–H and O–H groups in total. The van der Waals surface area contributed by atoms with Crippen LogP contribution in [-0.4, -0.2) is 40.5 Å². The van der Waals surface area contributed by atoms with Crippen LogP contribution in [0.2, 0.25) is 0 Å². The van der Waals surface area contributed by atoms with E-state index in [2.05, 4.69) is 4.98 Å². The zero-order valence-corrected chi connectivity index (χ0v) is 20.0. The highest BCUT2D eigenvalue weighted by Gasteiger charge is 2.26. The molecule has 0 saturated carbocycles. The molecular formula is C26H25FN2O4S. The Morgan fingerprint density at radius 1 is 1.21 bits per heavy atom. The molecular weight excluding hydrogens is 455 g/mol. The first kappa shape index (κ1) is 23.6. The molecule has 0 radical (unpaired) electrons. The van der Waals surface area contributed by atoms with Gasteiger partial charge < -0.3 is 14.7 Å². The van der Waals surface area contributed by atoms with Crippen molar-refractivity contribution in [1.29, 1.82) is 0 Å². The number of rotatable bonds is 6. The van der Waals surface area contributed by atoms with Gasteiger partial charge in [-0.2, -0.15) is 0 Å². The average Bonchev–Trinajstić information content (AvgIpc) is 3.13. The van der Waals surface area contributed by atoms with E-state index in [1.807, 2.05) is 13.8 Å². The van der Waals surface area contributed by atoms with Gasteiger partial charge in [0.15, 0.2) is 0 Å². The smallest absolute Gasteiger partial charge is 0.307 e. The summed E-state index contributed by atoms with van der Waals surface area (Å²) in [6, 6.07) is 8.27. The van der Waals surface area contributed by atoms with Crippen LogP contribution in [0.25, 0.3) is 17.2 Å². The van der Waals surface area contributed by atoms with Gasteiger partial charge in [0.2, 0.25) is 5.91 Å². The maximum absolute atomic E-state index is 14.7. The van der Waals surface area contributed by atoms with E-state index >= 15 is 0 Å². The van der Waals surface area contributed by atoms with Gasteiger partial charge in [-0.1, -0.05) is 12.1 Å². The van der Waals surface area contributed by atoms with Crippen molar-refractivity contribution in [2.75, 3.05) is 13.7 Å². The number of amides is 1. The molecule has 2 aromatic carbocycles. The number of ether oxygens (including phenoxy) is 1. The van der Waals surface area contributed by atoms with Crippen molar-refractivity contribution < 1.29 is 23.8 Å². The zero-order chi connectivity index (χ0) is 24.4. The number of aromatic nitrogens is 1. The predicted octanol–water partition coefficient (Wildman–Crippen LogP) is 4.80. The summed E-state index contributed by atoms with van der Waals surface area (Å²) in [5.74, 6) is -0.842. The van der Waals surface area contributed by atoms with Crippen LogP contribution in [0.4, 0.5) is 4.39 Å². The van der Waals surface area contributed by atoms with Crippen molar-refractivity contribution in [3.8, 4) is 16.9 Å². The number of benzene rings is 2. The van der Waals surface area contributed by atoms with Gasteiger partial charge in [-0.25, -0.2) is 9.37 Å². The minimum absolute atomic E-state index is 0.133. The Hall–Kier alpha value is -3.52. The second-order valence-corrected chi connectivity index (χ2v) is 9.42. The summed E-state index contributed by atoms with van der Waals surface area (Å²) in [6.45, 7) is 4.49. The number of hydrogen-bond donors (Lipinski definition) is 1. The van der Waals surface area contributed by atoms with Crippen molar-refractivity contribution in [2.24, 2.45) is 0 Å². The number of hydrogen-bond acceptors (Lipinski definition) is 5. The molecule has 0 aliphatic carbocycles. The van der Waals surface area contributed by atoms with Gasteiger partial charge in [0.05, 0.1) is 29.1 Å². The van der Waals surface area contributed by atoms with Crippen LogP contribution in [0.5, 0.6) is 5.75 Å². The number of methoxy groups -OCH3 is 1. The van der Waals surface area contributed by atoms with Crippen molar-refractivity contribution in [1.82, 2.24) is 9.88 Å². The van der Waals surface area contributed by atoms with Crippen LogP contribution in [0.15, 0.2) is 36.4 Å². The molecule has 2 heterocycles. The number of carboxylic acid groups (broad SMARTS) is 1. The molecule has 8 heteroatoms. The number of carbonyl (C=O) groups is 2. The monoisotopic (exact) mass is 480 g/mol. The summed E-state index contributed by atoms with van der Waals surface area (Å²) in [4.78, 5) is 31.2. The van der Waals surface area contributed by atoms with E-state index in [4.69, 9.17) is 4.74 Å². The van der Waals surface area contributed by atoms with Crippen LogP contribution in [-0.2, 0) is 29.0 Å². The second-order valence-electron chi connectivity index (χ2n) is 8.18. The summed E-state index contributed by atoms with van der Waals surface area (Å²) in [7, 11) is 1.54. The number of carboxylic acids is 1. The van der Waals surface area contributed by atoms with E-state index in [9.17, 15) is 19.1 Å². The highest BCUT2D eigenvalue weighted by molar-refractivity contribution is 7.12. The number of thiazole rings is 1. The molecule has 0 bridgehead atoms. The number of halogens is 1. The lowest BCUT2D eigenvalue weighted by Crippen LogP contribution is -2.35. The molecule has 3 aromatic rings. The fourth-order valence-electron chi connectivity index (χ4n) is 4.28. The Balaban J connectivity index is 1.68. The maximum Gasteiger partial charge on any atom is 0.307 e. The van der Waals surface area contributed by atoms with Crippen LogP contribution in [0.1, 0.15) is 32.3 Å². The summed E-state index contributed by atoms with van der Waals surface area (Å²) in [5.41, 5.74) is 4.19. The van der Waals surface area contributed by atoms with E-state index in [-0.39, 0.29) is 24.7 Å². The molecule has 1 aliphatic heterocycles. The lowest BCUT2D eigenvalue weighted by atomic mass is 9.89. The summed E-state index contributed by atoms with van der Waals surface area (Å²) in [5, 5.41) is 10.1. The maximum atomic E-state index is 14.7. The van der Waals surface area contributed by atoms with E-state index in [1.165, 1.54) is 30.6 Å². The van der Waals surface area contributed by atoms with Gasteiger partial charge in [-0.05, 0) is 66.8 Å². The highest BCUT2D eigenvalue weighted by atomic mass is 32.1. The molecule has 176 valence electrons. The first-order valence-corrected chi connectivity index (χ1v) is 11.7. The van der Waals surface area contributed by atoms with E-state index in [1.54, 1.807) is 35.2 Å². The summed E-state index contributed by atoms with van der Waals surface area (Å²) < 4.78 is 20.2. The lowest BCUT2D eigenvalue weighted by molar-refractivity contribution is -0.136. The highest BCUT2D eigenvalue weighted by Crippen LogP contribution is 2.38. The first-order valence-electron chi connectivity index (χ1n) is 10.9. The van der Waals surface area contributed by atoms with Gasteiger partial charge in [-0.3, -0.25) is 9.59 Å². The van der Waals surface area contributed by atoms with Gasteiger partial charge in [0.25, 0.3) is 0 Å². The third-order valence-electron chi connectivity index (χ3n) is 5.89. The standard InChI is InChI=1S/C26H25FN2O4S/c1-15-24(34-16(2)28-15)8-9-25(30)29-11-10-19-21(14-29)18(5-6-22(19)27)20-12-17(13-26(31)32)4-7-23(20)33-3/h4-9,12H,10-11,13-14H2,1-3H3,(H,31,32). The number of aliphatic carboxylic acids is 1. The molecule has 1 aliphatic rings. The van der Waals surface area contributed by atoms with Crippen LogP contribution in [0.3, 0.4) is 0 Å². The van der Waals surface area contributed by atoms with E-state index < -0.39 is 5.97 Å². The van der Waals surface area contributed by atoms with Gasteiger partial charge in [-0.15, -0.1) is 11.3 Å². The Morgan fingerprint density at radius 3 is 2.68 bits per heavy atom. The third-order valence-corrected chi connectivity index (χ3v) is 6.93. The lowest BCUT2D eigenvalue weighted by Gasteiger charge is -2.30. The molecule has 34 heavy (non-hydrogen) atoms. The molecule has 0 spiro atoms. The Labute approximate surface area is 201 Å². The van der Waals surface area contributed by atoms with Gasteiger partial charge in [0, 0.05) is 24.7 Å². The zero-order valence-electron chi connectivity index (χ0n) is 19.2. The average molecular weight is 481 g/mol. The van der Waals surface area contributed by atoms with Crippen molar-refractivity contribution in [3.63, 3.8) is 0 Å². The molecule has 1 amide bonds. The quantitative estimate of drug-likeness (QED) is 0.513. The number of aryl methyl sites for hydroxylation is 2. The molecule has 0 saturated heterocycles. The summed E-state index contributed by atoms with van der Waals surface area (Å²) >= 11 is 1.53. The molecule has 0 atom stereocenters. The van der Waals surface area contributed by atoms with Crippen molar-refractivity contribution in [3.05, 3.63) is 74.5 Å². The minimum Gasteiger partial charge on any atom is -0.496 e. The van der Waals surface area contributed by atoms with E-state index in [0.29, 0.717) is 41.0 Å². The van der Waals surface area contributed by atoms with Gasteiger partial charge in [0.1, 0.15) is 11.6 Å². The number of fused-ring (bicyclic) bond motifs is 1. The van der Waals surface area contributed by atoms with Crippen molar-refractivity contribution >= 4 is 29.3 Å². The Bertz CT molecular complexity index is 1300. The molecule has 6 nitrogen and oxygen atoms in total. The summed E-state index contributed by atoms with van der Waals surface area (Å²) in [6.07, 6.45) is 3.58. The predicted molar refractivity (Wildman–Crippen MR) is 129 cm³/mol. The number of nitrogens with zero attached hydrogens (tertiary/aromatic N) is 2. The second kappa shape index (κ2) is 9.77. The third kappa shape index (κ3) is 4.87. The van der Waals surface area contributed by atoms with Gasteiger partial charge >= 0.3 is 5.97 Å². The minimum atomic E-state index is -0.938. The molecule has 0 unspecified atom stereocenters. The molecule has 0 fully saturated rings. The molecule has 4 rings (SSSR count). The number of carbonyl (C=O) groups excluding carboxylic acids is 1.